The van der Waals surface area contributed by atoms with E-state index in [1.165, 1.54) is 11.6 Å². The van der Waals surface area contributed by atoms with Crippen molar-refractivity contribution in [1.82, 2.24) is 20.1 Å². The fourth-order valence-corrected chi connectivity index (χ4v) is 5.65. The number of hydrogen-bond donors (Lipinski definition) is 2. The number of hydrogen-bond acceptors (Lipinski definition) is 4. The number of pyridine rings is 1. The van der Waals surface area contributed by atoms with Crippen molar-refractivity contribution in [3.05, 3.63) is 106 Å². The zero-order valence-electron chi connectivity index (χ0n) is 21.9. The first-order valence-corrected chi connectivity index (χ1v) is 13.2. The molecular formula is C31H34N4O3. The van der Waals surface area contributed by atoms with E-state index in [0.717, 1.165) is 54.1 Å². The molecular weight excluding hydrogens is 476 g/mol. The van der Waals surface area contributed by atoms with E-state index >= 15 is 0 Å². The van der Waals surface area contributed by atoms with Gasteiger partial charge >= 0.3 is 0 Å². The molecule has 1 amide bonds. The summed E-state index contributed by atoms with van der Waals surface area (Å²) in [5.74, 6) is 0.768. The van der Waals surface area contributed by atoms with Gasteiger partial charge in [0.25, 0.3) is 0 Å². The van der Waals surface area contributed by atoms with Gasteiger partial charge < -0.3 is 15.0 Å². The largest absolute Gasteiger partial charge is 0.385 e. The van der Waals surface area contributed by atoms with E-state index in [9.17, 15) is 9.59 Å². The molecule has 5 rings (SSSR count). The second-order valence-electron chi connectivity index (χ2n) is 10.1. The first kappa shape index (κ1) is 25.7. The van der Waals surface area contributed by atoms with Gasteiger partial charge in [-0.15, -0.1) is 0 Å². The van der Waals surface area contributed by atoms with Gasteiger partial charge in [-0.05, 0) is 61.4 Å². The van der Waals surface area contributed by atoms with Gasteiger partial charge in [0.2, 0.25) is 11.5 Å². The Morgan fingerprint density at radius 1 is 1.05 bits per heavy atom. The quantitative estimate of drug-likeness (QED) is 0.339. The van der Waals surface area contributed by atoms with Gasteiger partial charge in [0.1, 0.15) is 0 Å². The Hall–Kier alpha value is -3.97. The van der Waals surface area contributed by atoms with Gasteiger partial charge in [-0.1, -0.05) is 48.5 Å². The standard InChI is InChI=1S/C31H34N4O3/c1-21-28(35(25-11-7-4-8-12-25)34-31(21)24-13-14-29(36)32-20-24)19-30(37)33-27-18-22(15-16-38-2)17-26(27)23-9-5-3-6-10-23/h3-14,20,22,26-27H,15-19H2,1-2H3,(H,32,36)(H,33,37)/t22-,26-,27+/m0/s1. The lowest BCUT2D eigenvalue weighted by molar-refractivity contribution is -0.121. The fourth-order valence-electron chi connectivity index (χ4n) is 5.65. The highest BCUT2D eigenvalue weighted by Crippen LogP contribution is 2.40. The second-order valence-corrected chi connectivity index (χ2v) is 10.1. The van der Waals surface area contributed by atoms with Crippen molar-refractivity contribution in [1.29, 1.82) is 0 Å². The van der Waals surface area contributed by atoms with Gasteiger partial charge in [-0.25, -0.2) is 4.68 Å². The molecule has 2 heterocycles. The number of nitrogens with one attached hydrogen (secondary N) is 2. The van der Waals surface area contributed by atoms with Crippen molar-refractivity contribution in [2.45, 2.75) is 44.6 Å². The van der Waals surface area contributed by atoms with Crippen LogP contribution < -0.4 is 10.9 Å². The highest BCUT2D eigenvalue weighted by molar-refractivity contribution is 5.80. The number of methoxy groups -OCH3 is 1. The molecule has 196 valence electrons. The minimum Gasteiger partial charge on any atom is -0.385 e. The Kier molecular flexibility index (Phi) is 7.84. The van der Waals surface area contributed by atoms with Crippen molar-refractivity contribution in [3.8, 4) is 16.9 Å². The molecule has 4 aromatic rings. The summed E-state index contributed by atoms with van der Waals surface area (Å²) < 4.78 is 7.18. The second kappa shape index (κ2) is 11.6. The molecule has 0 saturated heterocycles. The van der Waals surface area contributed by atoms with E-state index in [-0.39, 0.29) is 29.8 Å². The number of aromatic nitrogens is 3. The molecule has 7 nitrogen and oxygen atoms in total. The zero-order chi connectivity index (χ0) is 26.5. The van der Waals surface area contributed by atoms with Crippen LogP contribution in [0.5, 0.6) is 0 Å². The normalized spacial score (nSPS) is 18.9. The lowest BCUT2D eigenvalue weighted by Crippen LogP contribution is -2.38. The van der Waals surface area contributed by atoms with Crippen LogP contribution in [0.3, 0.4) is 0 Å². The molecule has 1 saturated carbocycles. The van der Waals surface area contributed by atoms with Crippen LogP contribution >= 0.6 is 0 Å². The predicted molar refractivity (Wildman–Crippen MR) is 148 cm³/mol. The van der Waals surface area contributed by atoms with Crippen LogP contribution in [0.15, 0.2) is 83.8 Å². The van der Waals surface area contributed by atoms with E-state index in [2.05, 4.69) is 34.6 Å². The topological polar surface area (TPSA) is 89.0 Å². The molecule has 3 atom stereocenters. The van der Waals surface area contributed by atoms with Gasteiger partial charge in [0.05, 0.1) is 23.5 Å². The van der Waals surface area contributed by atoms with Gasteiger partial charge in [0, 0.05) is 43.5 Å². The molecule has 2 N–H and O–H groups in total. The number of carbonyl (C=O) groups excluding carboxylic acids is 1. The van der Waals surface area contributed by atoms with Gasteiger partial charge in [0.15, 0.2) is 0 Å². The molecule has 0 bridgehead atoms. The summed E-state index contributed by atoms with van der Waals surface area (Å²) in [5, 5.41) is 8.25. The van der Waals surface area contributed by atoms with Crippen molar-refractivity contribution in [2.24, 2.45) is 5.92 Å². The van der Waals surface area contributed by atoms with Crippen molar-refractivity contribution < 1.29 is 9.53 Å². The molecule has 1 aliphatic carbocycles. The fraction of sp³-hybridized carbons (Fsp3) is 0.323. The van der Waals surface area contributed by atoms with Crippen LogP contribution in [0, 0.1) is 12.8 Å². The highest BCUT2D eigenvalue weighted by Gasteiger charge is 2.36. The number of carbonyl (C=O) groups is 1. The number of nitrogens with zero attached hydrogens (tertiary/aromatic N) is 2. The molecule has 0 unspecified atom stereocenters. The molecule has 1 fully saturated rings. The summed E-state index contributed by atoms with van der Waals surface area (Å²) in [4.78, 5) is 27.9. The molecule has 1 aliphatic rings. The van der Waals surface area contributed by atoms with Crippen LogP contribution in [-0.4, -0.2) is 40.4 Å². The van der Waals surface area contributed by atoms with E-state index in [4.69, 9.17) is 9.84 Å². The molecule has 0 spiro atoms. The number of rotatable bonds is 9. The molecule has 38 heavy (non-hydrogen) atoms. The van der Waals surface area contributed by atoms with Crippen LogP contribution in [0.25, 0.3) is 16.9 Å². The summed E-state index contributed by atoms with van der Waals surface area (Å²) in [6.45, 7) is 2.72. The Morgan fingerprint density at radius 2 is 1.79 bits per heavy atom. The SMILES string of the molecule is COCC[C@@H]1C[C@@H](NC(=O)Cc2c(C)c(-c3ccc(=O)[nH]c3)nn2-c2ccccc2)[C@H](c2ccccc2)C1. The maximum atomic E-state index is 13.6. The number of ether oxygens (including phenoxy) is 1. The number of amides is 1. The first-order chi connectivity index (χ1) is 18.5. The third-order valence-electron chi connectivity index (χ3n) is 7.59. The number of benzene rings is 2. The summed E-state index contributed by atoms with van der Waals surface area (Å²) in [5.41, 5.74) is 5.29. The van der Waals surface area contributed by atoms with E-state index in [0.29, 0.717) is 5.92 Å². The lowest BCUT2D eigenvalue weighted by atomic mass is 9.93. The first-order valence-electron chi connectivity index (χ1n) is 13.2. The molecule has 0 aliphatic heterocycles. The molecule has 7 heteroatoms. The Labute approximate surface area is 222 Å². The lowest BCUT2D eigenvalue weighted by Gasteiger charge is -2.21. The van der Waals surface area contributed by atoms with Crippen molar-refractivity contribution in [2.75, 3.05) is 13.7 Å². The monoisotopic (exact) mass is 510 g/mol. The minimum atomic E-state index is -0.165. The van der Waals surface area contributed by atoms with Crippen molar-refractivity contribution >= 4 is 5.91 Å². The van der Waals surface area contributed by atoms with Crippen LogP contribution in [-0.2, 0) is 16.0 Å². The predicted octanol–water partition coefficient (Wildman–Crippen LogP) is 4.79. The smallest absolute Gasteiger partial charge is 0.247 e. The number of H-pyrrole nitrogens is 1. The summed E-state index contributed by atoms with van der Waals surface area (Å²) >= 11 is 0. The van der Waals surface area contributed by atoms with Crippen molar-refractivity contribution in [3.63, 3.8) is 0 Å². The Morgan fingerprint density at radius 3 is 2.47 bits per heavy atom. The van der Waals surface area contributed by atoms with Crippen LogP contribution in [0.4, 0.5) is 0 Å². The summed E-state index contributed by atoms with van der Waals surface area (Å²) in [6.07, 6.45) is 4.84. The Balaban J connectivity index is 1.42. The third-order valence-corrected chi connectivity index (χ3v) is 7.59. The number of aromatic amines is 1. The van der Waals surface area contributed by atoms with E-state index in [1.807, 2.05) is 48.0 Å². The maximum absolute atomic E-state index is 13.6. The third kappa shape index (κ3) is 5.63. The minimum absolute atomic E-state index is 0.0171. The van der Waals surface area contributed by atoms with Gasteiger partial charge in [-0.2, -0.15) is 5.10 Å². The van der Waals surface area contributed by atoms with E-state index < -0.39 is 0 Å². The maximum Gasteiger partial charge on any atom is 0.247 e. The summed E-state index contributed by atoms with van der Waals surface area (Å²) in [6, 6.07) is 23.6. The Bertz CT molecular complexity index is 1410. The van der Waals surface area contributed by atoms with Crippen LogP contribution in [0.2, 0.25) is 0 Å². The van der Waals surface area contributed by atoms with Gasteiger partial charge in [-0.3, -0.25) is 9.59 Å². The zero-order valence-corrected chi connectivity index (χ0v) is 21.9. The van der Waals surface area contributed by atoms with Crippen LogP contribution in [0.1, 0.15) is 42.0 Å². The molecule has 0 radical (unpaired) electrons. The summed E-state index contributed by atoms with van der Waals surface area (Å²) in [7, 11) is 1.74. The highest BCUT2D eigenvalue weighted by atomic mass is 16.5. The molecule has 2 aromatic carbocycles. The molecule has 2 aromatic heterocycles. The average Bonchev–Trinajstić information content (AvgIpc) is 3.49. The number of para-hydroxylation sites is 1. The average molecular weight is 511 g/mol. The van der Waals surface area contributed by atoms with E-state index in [1.54, 1.807) is 19.4 Å².